The largest absolute Gasteiger partial charge is 0.454 e. The van der Waals surface area contributed by atoms with Gasteiger partial charge in [0.1, 0.15) is 0 Å². The molecule has 34 heavy (non-hydrogen) atoms. The lowest BCUT2D eigenvalue weighted by Crippen LogP contribution is -2.43. The first-order chi connectivity index (χ1) is 16.6. The summed E-state index contributed by atoms with van der Waals surface area (Å²) in [4.78, 5) is 28.3. The van der Waals surface area contributed by atoms with E-state index in [1.807, 2.05) is 29.2 Å². The van der Waals surface area contributed by atoms with Crippen molar-refractivity contribution in [2.75, 3.05) is 12.1 Å². The highest BCUT2D eigenvalue weighted by molar-refractivity contribution is 5.95. The molecule has 0 unspecified atom stereocenters. The van der Waals surface area contributed by atoms with Gasteiger partial charge in [-0.1, -0.05) is 25.0 Å². The van der Waals surface area contributed by atoms with E-state index in [2.05, 4.69) is 5.32 Å². The average molecular weight is 464 g/mol. The smallest absolute Gasteiger partial charge is 0.254 e. The Morgan fingerprint density at radius 2 is 1.71 bits per heavy atom. The monoisotopic (exact) mass is 463 g/mol. The number of ether oxygens (including phenoxy) is 2. The summed E-state index contributed by atoms with van der Waals surface area (Å²) >= 11 is 0. The molecule has 7 nitrogen and oxygen atoms in total. The molecule has 2 aliphatic carbocycles. The summed E-state index contributed by atoms with van der Waals surface area (Å²) < 4.78 is 10.9. The molecule has 0 bridgehead atoms. The summed E-state index contributed by atoms with van der Waals surface area (Å²) in [5.41, 5.74) is 8.51. The van der Waals surface area contributed by atoms with Crippen molar-refractivity contribution in [3.63, 3.8) is 0 Å². The lowest BCUT2D eigenvalue weighted by atomic mass is 9.90. The molecule has 1 heterocycles. The van der Waals surface area contributed by atoms with Gasteiger partial charge in [-0.3, -0.25) is 9.59 Å². The normalized spacial score (nSPS) is 21.9. The molecule has 2 saturated carbocycles. The van der Waals surface area contributed by atoms with Gasteiger partial charge >= 0.3 is 0 Å². The van der Waals surface area contributed by atoms with Crippen LogP contribution in [0.3, 0.4) is 0 Å². The summed E-state index contributed by atoms with van der Waals surface area (Å²) in [5.74, 6) is 1.45. The number of nitrogens with one attached hydrogen (secondary N) is 1. The number of hydrogen-bond donors (Lipinski definition) is 2. The van der Waals surface area contributed by atoms with Gasteiger partial charge in [0.05, 0.1) is 0 Å². The molecule has 1 aliphatic heterocycles. The van der Waals surface area contributed by atoms with Gasteiger partial charge in [0.15, 0.2) is 11.5 Å². The van der Waals surface area contributed by atoms with Crippen LogP contribution in [0.25, 0.3) is 0 Å². The Bertz CT molecular complexity index is 1040. The van der Waals surface area contributed by atoms with Crippen LogP contribution in [0.1, 0.15) is 67.3 Å². The van der Waals surface area contributed by atoms with Crippen LogP contribution in [-0.4, -0.2) is 35.6 Å². The van der Waals surface area contributed by atoms with Crippen molar-refractivity contribution in [2.45, 2.75) is 70.0 Å². The van der Waals surface area contributed by atoms with E-state index < -0.39 is 0 Å². The molecule has 5 rings (SSSR count). The van der Waals surface area contributed by atoms with E-state index >= 15 is 0 Å². The van der Waals surface area contributed by atoms with Crippen LogP contribution in [-0.2, 0) is 11.3 Å². The number of hydrogen-bond acceptors (Lipinski definition) is 5. The highest BCUT2D eigenvalue weighted by atomic mass is 16.7. The third-order valence-electron chi connectivity index (χ3n) is 7.34. The third kappa shape index (κ3) is 5.04. The molecule has 2 fully saturated rings. The predicted octanol–water partition coefficient (Wildman–Crippen LogP) is 4.46. The van der Waals surface area contributed by atoms with Crippen molar-refractivity contribution in [3.05, 3.63) is 53.6 Å². The maximum Gasteiger partial charge on any atom is 0.254 e. The van der Waals surface area contributed by atoms with Crippen molar-refractivity contribution >= 4 is 17.5 Å². The Hall–Kier alpha value is -3.06. The van der Waals surface area contributed by atoms with Gasteiger partial charge in [0.2, 0.25) is 12.7 Å². The van der Waals surface area contributed by atoms with E-state index in [1.165, 1.54) is 0 Å². The van der Waals surface area contributed by atoms with Crippen LogP contribution in [0.2, 0.25) is 0 Å². The van der Waals surface area contributed by atoms with Crippen LogP contribution in [0.4, 0.5) is 5.69 Å². The summed E-state index contributed by atoms with van der Waals surface area (Å²) in [7, 11) is 0. The second-order valence-corrected chi connectivity index (χ2v) is 9.74. The molecule has 3 N–H and O–H groups in total. The van der Waals surface area contributed by atoms with E-state index in [1.54, 1.807) is 18.2 Å². The zero-order valence-corrected chi connectivity index (χ0v) is 19.5. The second kappa shape index (κ2) is 10.1. The van der Waals surface area contributed by atoms with E-state index in [-0.39, 0.29) is 36.6 Å². The van der Waals surface area contributed by atoms with Gasteiger partial charge < -0.3 is 25.4 Å². The summed E-state index contributed by atoms with van der Waals surface area (Å²) in [6, 6.07) is 13.5. The first kappa shape index (κ1) is 22.7. The number of benzene rings is 2. The minimum Gasteiger partial charge on any atom is -0.454 e. The van der Waals surface area contributed by atoms with Crippen LogP contribution in [0.5, 0.6) is 11.5 Å². The number of rotatable bonds is 6. The molecule has 0 saturated heterocycles. The molecule has 7 heteroatoms. The van der Waals surface area contributed by atoms with Gasteiger partial charge in [-0.25, -0.2) is 0 Å². The number of fused-ring (bicyclic) bond motifs is 1. The molecule has 2 amide bonds. The predicted molar refractivity (Wildman–Crippen MR) is 130 cm³/mol. The fourth-order valence-electron chi connectivity index (χ4n) is 5.35. The summed E-state index contributed by atoms with van der Waals surface area (Å²) in [5, 5.41) is 3.08. The molecule has 180 valence electrons. The van der Waals surface area contributed by atoms with Crippen molar-refractivity contribution in [3.8, 4) is 11.5 Å². The third-order valence-corrected chi connectivity index (χ3v) is 7.34. The molecule has 3 aliphatic rings. The summed E-state index contributed by atoms with van der Waals surface area (Å²) in [6.45, 7) is 0.650. The Morgan fingerprint density at radius 3 is 2.50 bits per heavy atom. The molecular weight excluding hydrogens is 430 g/mol. The minimum atomic E-state index is -0.0286. The lowest BCUT2D eigenvalue weighted by Gasteiger charge is -2.36. The van der Waals surface area contributed by atoms with Crippen LogP contribution in [0, 0.1) is 5.92 Å². The molecule has 0 atom stereocenters. The van der Waals surface area contributed by atoms with Gasteiger partial charge in [-0.15, -0.1) is 0 Å². The van der Waals surface area contributed by atoms with Crippen molar-refractivity contribution in [1.82, 2.24) is 4.90 Å². The highest BCUT2D eigenvalue weighted by Gasteiger charge is 2.30. The van der Waals surface area contributed by atoms with Crippen LogP contribution < -0.4 is 20.5 Å². The quantitative estimate of drug-likeness (QED) is 0.660. The Balaban J connectivity index is 1.35. The SMILES string of the molecule is NC1CCC(N(Cc2cccc(NC(=O)C3CCCC3)c2)C(=O)c2ccc3c(c2)OCO3)CC1. The first-order valence-electron chi connectivity index (χ1n) is 12.4. The summed E-state index contributed by atoms with van der Waals surface area (Å²) in [6.07, 6.45) is 7.77. The van der Waals surface area contributed by atoms with Crippen molar-refractivity contribution < 1.29 is 19.1 Å². The van der Waals surface area contributed by atoms with E-state index in [4.69, 9.17) is 15.2 Å². The van der Waals surface area contributed by atoms with E-state index in [9.17, 15) is 9.59 Å². The zero-order valence-electron chi connectivity index (χ0n) is 19.5. The van der Waals surface area contributed by atoms with Gasteiger partial charge in [-0.05, 0) is 74.4 Å². The fourth-order valence-corrected chi connectivity index (χ4v) is 5.35. The molecular formula is C27H33N3O4. The number of nitrogens with zero attached hydrogens (tertiary/aromatic N) is 1. The van der Waals surface area contributed by atoms with E-state index in [0.29, 0.717) is 23.6 Å². The number of nitrogens with two attached hydrogens (primary N) is 1. The van der Waals surface area contributed by atoms with Crippen molar-refractivity contribution in [1.29, 1.82) is 0 Å². The average Bonchev–Trinajstić information content (AvgIpc) is 3.55. The first-order valence-corrected chi connectivity index (χ1v) is 12.4. The number of carbonyl (C=O) groups is 2. The molecule has 0 radical (unpaired) electrons. The minimum absolute atomic E-state index is 0.0286. The fraction of sp³-hybridized carbons (Fsp3) is 0.481. The molecule has 2 aromatic carbocycles. The van der Waals surface area contributed by atoms with Crippen molar-refractivity contribution in [2.24, 2.45) is 11.7 Å². The molecule has 0 spiro atoms. The molecule has 0 aromatic heterocycles. The number of anilines is 1. The van der Waals surface area contributed by atoms with Gasteiger partial charge in [-0.2, -0.15) is 0 Å². The number of carbonyl (C=O) groups excluding carboxylic acids is 2. The van der Waals surface area contributed by atoms with E-state index in [0.717, 1.165) is 62.6 Å². The maximum atomic E-state index is 13.7. The lowest BCUT2D eigenvalue weighted by molar-refractivity contribution is -0.119. The van der Waals surface area contributed by atoms with Crippen LogP contribution in [0.15, 0.2) is 42.5 Å². The van der Waals surface area contributed by atoms with Crippen LogP contribution >= 0.6 is 0 Å². The standard InChI is InChI=1S/C27H33N3O4/c28-21-9-11-23(12-10-21)30(27(32)20-8-13-24-25(15-20)34-17-33-24)16-18-4-3-7-22(14-18)29-26(31)19-5-1-2-6-19/h3-4,7-8,13-15,19,21,23H,1-2,5-6,9-12,16-17,28H2,(H,29,31). The Labute approximate surface area is 200 Å². The number of amides is 2. The zero-order chi connectivity index (χ0) is 23.5. The maximum absolute atomic E-state index is 13.7. The molecule has 2 aromatic rings. The Kier molecular flexibility index (Phi) is 6.72. The highest BCUT2D eigenvalue weighted by Crippen LogP contribution is 2.34. The van der Waals surface area contributed by atoms with Gasteiger partial charge in [0, 0.05) is 35.8 Å². The topological polar surface area (TPSA) is 93.9 Å². The van der Waals surface area contributed by atoms with Gasteiger partial charge in [0.25, 0.3) is 5.91 Å². The Morgan fingerprint density at radius 1 is 0.941 bits per heavy atom. The second-order valence-electron chi connectivity index (χ2n) is 9.74.